The fourth-order valence-corrected chi connectivity index (χ4v) is 3.04. The minimum absolute atomic E-state index is 0.0175. The van der Waals surface area contributed by atoms with Gasteiger partial charge in [0.2, 0.25) is 17.7 Å². The van der Waals surface area contributed by atoms with Crippen LogP contribution in [0.1, 0.15) is 32.3 Å². The van der Waals surface area contributed by atoms with E-state index in [0.717, 1.165) is 0 Å². The number of benzene rings is 1. The first-order valence-electron chi connectivity index (χ1n) is 10.7. The molecule has 34 heavy (non-hydrogen) atoms. The van der Waals surface area contributed by atoms with Crippen molar-refractivity contribution in [3.8, 4) is 0 Å². The Morgan fingerprint density at radius 2 is 1.38 bits per heavy atom. The third kappa shape index (κ3) is 9.96. The molecule has 1 aromatic carbocycles. The van der Waals surface area contributed by atoms with Crippen LogP contribution in [0.2, 0.25) is 0 Å². The van der Waals surface area contributed by atoms with Crippen LogP contribution in [0.3, 0.4) is 0 Å². The third-order valence-corrected chi connectivity index (χ3v) is 4.78. The van der Waals surface area contributed by atoms with E-state index < -0.39 is 66.9 Å². The van der Waals surface area contributed by atoms with Crippen molar-refractivity contribution in [1.82, 2.24) is 16.0 Å². The molecule has 0 fully saturated rings. The maximum absolute atomic E-state index is 13.0. The number of aliphatic hydroxyl groups is 1. The Balaban J connectivity index is 3.12. The lowest BCUT2D eigenvalue weighted by Crippen LogP contribution is -2.58. The summed E-state index contributed by atoms with van der Waals surface area (Å²) in [5.41, 5.74) is 6.16. The smallest absolute Gasteiger partial charge is 0.326 e. The number of amides is 3. The Morgan fingerprint density at radius 3 is 1.88 bits per heavy atom. The van der Waals surface area contributed by atoms with E-state index in [1.807, 2.05) is 13.8 Å². The summed E-state index contributed by atoms with van der Waals surface area (Å²) in [6.07, 6.45) is -0.666. The number of hydrogen-bond acceptors (Lipinski definition) is 7. The molecule has 4 unspecified atom stereocenters. The molecular formula is C22H32N4O8. The molecule has 188 valence electrons. The molecule has 0 aliphatic heterocycles. The molecule has 0 aliphatic carbocycles. The van der Waals surface area contributed by atoms with E-state index in [1.54, 1.807) is 30.3 Å². The highest BCUT2D eigenvalue weighted by molar-refractivity contribution is 5.94. The summed E-state index contributed by atoms with van der Waals surface area (Å²) in [5.74, 6) is -5.35. The van der Waals surface area contributed by atoms with Crippen LogP contribution in [0.5, 0.6) is 0 Å². The maximum Gasteiger partial charge on any atom is 0.326 e. The lowest BCUT2D eigenvalue weighted by Gasteiger charge is -2.26. The van der Waals surface area contributed by atoms with Crippen molar-refractivity contribution in [2.24, 2.45) is 11.7 Å². The number of aliphatic carboxylic acids is 2. The Hall–Kier alpha value is -3.51. The van der Waals surface area contributed by atoms with Crippen LogP contribution >= 0.6 is 0 Å². The predicted octanol–water partition coefficient (Wildman–Crippen LogP) is -1.39. The van der Waals surface area contributed by atoms with Gasteiger partial charge in [0.15, 0.2) is 0 Å². The second kappa shape index (κ2) is 13.9. The summed E-state index contributed by atoms with van der Waals surface area (Å²) in [4.78, 5) is 60.3. The van der Waals surface area contributed by atoms with Crippen LogP contribution in [-0.4, -0.2) is 75.8 Å². The Bertz CT molecular complexity index is 862. The zero-order valence-electron chi connectivity index (χ0n) is 19.1. The van der Waals surface area contributed by atoms with Gasteiger partial charge in [-0.05, 0) is 17.9 Å². The number of nitrogens with one attached hydrogen (secondary N) is 3. The second-order valence-electron chi connectivity index (χ2n) is 8.23. The highest BCUT2D eigenvalue weighted by Gasteiger charge is 2.31. The number of aliphatic hydroxyl groups excluding tert-OH is 1. The van der Waals surface area contributed by atoms with E-state index in [1.165, 1.54) is 0 Å². The molecule has 0 heterocycles. The monoisotopic (exact) mass is 480 g/mol. The van der Waals surface area contributed by atoms with Crippen LogP contribution in [0.25, 0.3) is 0 Å². The van der Waals surface area contributed by atoms with E-state index in [4.69, 9.17) is 15.9 Å². The van der Waals surface area contributed by atoms with Gasteiger partial charge in [-0.3, -0.25) is 19.2 Å². The molecule has 3 amide bonds. The van der Waals surface area contributed by atoms with Gasteiger partial charge >= 0.3 is 11.9 Å². The van der Waals surface area contributed by atoms with Crippen LogP contribution in [0, 0.1) is 5.92 Å². The van der Waals surface area contributed by atoms with Gasteiger partial charge in [-0.25, -0.2) is 4.79 Å². The van der Waals surface area contributed by atoms with E-state index in [2.05, 4.69) is 16.0 Å². The standard InChI is InChI=1S/C22H32N4O8/c1-12(2)8-15(24-19(30)14(23)11-27)20(31)25-16(9-13-6-4-3-5-7-13)21(32)26-17(22(33)34)10-18(28)29/h3-7,12,14-17,27H,8-11,23H2,1-2H3,(H,24,30)(H,25,31)(H,26,32)(H,28,29)(H,33,34). The summed E-state index contributed by atoms with van der Waals surface area (Å²) in [6.45, 7) is 3.01. The average molecular weight is 481 g/mol. The molecule has 0 aliphatic rings. The summed E-state index contributed by atoms with van der Waals surface area (Å²) >= 11 is 0. The van der Waals surface area contributed by atoms with Crippen molar-refractivity contribution >= 4 is 29.7 Å². The highest BCUT2D eigenvalue weighted by atomic mass is 16.4. The molecule has 0 saturated carbocycles. The number of carboxylic acid groups (broad SMARTS) is 2. The molecular weight excluding hydrogens is 448 g/mol. The van der Waals surface area contributed by atoms with Crippen LogP contribution in [-0.2, 0) is 30.4 Å². The average Bonchev–Trinajstić information content (AvgIpc) is 2.76. The summed E-state index contributed by atoms with van der Waals surface area (Å²) < 4.78 is 0. The van der Waals surface area contributed by atoms with E-state index in [9.17, 15) is 29.1 Å². The molecule has 1 rings (SSSR count). The fourth-order valence-electron chi connectivity index (χ4n) is 3.04. The van der Waals surface area contributed by atoms with E-state index >= 15 is 0 Å². The molecule has 0 spiro atoms. The molecule has 0 radical (unpaired) electrons. The lowest BCUT2D eigenvalue weighted by molar-refractivity contribution is -0.147. The number of carbonyl (C=O) groups is 5. The summed E-state index contributed by atoms with van der Waals surface area (Å²) in [6, 6.07) is 3.31. The molecule has 1 aromatic rings. The van der Waals surface area contributed by atoms with Crippen molar-refractivity contribution in [2.75, 3.05) is 6.61 Å². The van der Waals surface area contributed by atoms with Crippen molar-refractivity contribution in [3.63, 3.8) is 0 Å². The van der Waals surface area contributed by atoms with Crippen molar-refractivity contribution in [3.05, 3.63) is 35.9 Å². The molecule has 0 saturated heterocycles. The van der Waals surface area contributed by atoms with Crippen molar-refractivity contribution < 1.29 is 39.3 Å². The number of hydrogen-bond donors (Lipinski definition) is 7. The van der Waals surface area contributed by atoms with Gasteiger partial charge in [-0.15, -0.1) is 0 Å². The third-order valence-electron chi connectivity index (χ3n) is 4.78. The van der Waals surface area contributed by atoms with Gasteiger partial charge in [0.05, 0.1) is 13.0 Å². The number of carboxylic acids is 2. The van der Waals surface area contributed by atoms with E-state index in [-0.39, 0.29) is 18.8 Å². The van der Waals surface area contributed by atoms with Crippen molar-refractivity contribution in [2.45, 2.75) is 57.3 Å². The van der Waals surface area contributed by atoms with Gasteiger partial charge < -0.3 is 37.0 Å². The number of carbonyl (C=O) groups excluding carboxylic acids is 3. The first kappa shape index (κ1) is 28.5. The summed E-state index contributed by atoms with van der Waals surface area (Å²) in [5, 5.41) is 34.4. The number of rotatable bonds is 14. The largest absolute Gasteiger partial charge is 0.481 e. The summed E-state index contributed by atoms with van der Waals surface area (Å²) in [7, 11) is 0. The first-order valence-corrected chi connectivity index (χ1v) is 10.7. The van der Waals surface area contributed by atoms with Gasteiger partial charge in [0.25, 0.3) is 0 Å². The second-order valence-corrected chi connectivity index (χ2v) is 8.23. The molecule has 12 heteroatoms. The van der Waals surface area contributed by atoms with Crippen LogP contribution in [0.4, 0.5) is 0 Å². The maximum atomic E-state index is 13.0. The normalized spacial score (nSPS) is 14.4. The quantitative estimate of drug-likeness (QED) is 0.167. The van der Waals surface area contributed by atoms with Gasteiger partial charge in [-0.1, -0.05) is 44.2 Å². The molecule has 4 atom stereocenters. The minimum Gasteiger partial charge on any atom is -0.481 e. The zero-order chi connectivity index (χ0) is 25.8. The zero-order valence-corrected chi connectivity index (χ0v) is 19.1. The first-order chi connectivity index (χ1) is 15.9. The van der Waals surface area contributed by atoms with Gasteiger partial charge in [0, 0.05) is 6.42 Å². The predicted molar refractivity (Wildman–Crippen MR) is 120 cm³/mol. The van der Waals surface area contributed by atoms with Gasteiger partial charge in [-0.2, -0.15) is 0 Å². The molecule has 12 nitrogen and oxygen atoms in total. The Kier molecular flexibility index (Phi) is 11.7. The highest BCUT2D eigenvalue weighted by Crippen LogP contribution is 2.09. The topological polar surface area (TPSA) is 208 Å². The SMILES string of the molecule is CC(C)CC(NC(=O)C(N)CO)C(=O)NC(Cc1ccccc1)C(=O)NC(CC(=O)O)C(=O)O. The van der Waals surface area contributed by atoms with Crippen LogP contribution in [0.15, 0.2) is 30.3 Å². The Morgan fingerprint density at radius 1 is 0.853 bits per heavy atom. The van der Waals surface area contributed by atoms with E-state index in [0.29, 0.717) is 5.56 Å². The molecule has 8 N–H and O–H groups in total. The van der Waals surface area contributed by atoms with Crippen LogP contribution < -0.4 is 21.7 Å². The Labute approximate surface area is 196 Å². The minimum atomic E-state index is -1.70. The van der Waals surface area contributed by atoms with Gasteiger partial charge in [0.1, 0.15) is 24.2 Å². The molecule has 0 bridgehead atoms. The van der Waals surface area contributed by atoms with Crippen molar-refractivity contribution in [1.29, 1.82) is 0 Å². The lowest BCUT2D eigenvalue weighted by atomic mass is 10.0. The number of nitrogens with two attached hydrogens (primary N) is 1. The molecule has 0 aromatic heterocycles. The fraction of sp³-hybridized carbons (Fsp3) is 0.500.